The van der Waals surface area contributed by atoms with Gasteiger partial charge in [0.25, 0.3) is 0 Å². The predicted octanol–water partition coefficient (Wildman–Crippen LogP) is 1.10. The van der Waals surface area contributed by atoms with Gasteiger partial charge in [-0.1, -0.05) is 37.3 Å². The lowest BCUT2D eigenvalue weighted by Crippen LogP contribution is -2.34. The van der Waals surface area contributed by atoms with Crippen molar-refractivity contribution in [3.05, 3.63) is 35.9 Å². The van der Waals surface area contributed by atoms with Crippen molar-refractivity contribution < 1.29 is 9.90 Å². The molecule has 0 aliphatic rings. The van der Waals surface area contributed by atoms with Crippen LogP contribution in [0.3, 0.4) is 0 Å². The van der Waals surface area contributed by atoms with Crippen LogP contribution in [-0.4, -0.2) is 17.1 Å². The first kappa shape index (κ1) is 11.7. The summed E-state index contributed by atoms with van der Waals surface area (Å²) in [6, 6.07) is 9.59. The summed E-state index contributed by atoms with van der Waals surface area (Å²) >= 11 is 0. The Morgan fingerprint density at radius 2 is 2.00 bits per heavy atom. The lowest BCUT2D eigenvalue weighted by Gasteiger charge is -2.18. The van der Waals surface area contributed by atoms with Gasteiger partial charge in [-0.05, 0) is 18.4 Å². The number of nitrogens with two attached hydrogens (primary N) is 1. The van der Waals surface area contributed by atoms with Gasteiger partial charge < -0.3 is 10.8 Å². The Morgan fingerprint density at radius 1 is 1.40 bits per heavy atom. The van der Waals surface area contributed by atoms with E-state index in [4.69, 9.17) is 5.73 Å². The van der Waals surface area contributed by atoms with Crippen molar-refractivity contribution in [2.75, 3.05) is 0 Å². The average molecular weight is 207 g/mol. The third-order valence-corrected chi connectivity index (χ3v) is 2.55. The van der Waals surface area contributed by atoms with Crippen LogP contribution < -0.4 is 5.73 Å². The summed E-state index contributed by atoms with van der Waals surface area (Å²) in [5.74, 6) is -0.925. The Labute approximate surface area is 89.9 Å². The SMILES string of the molecule is CCC(O)C(Cc1ccccc1)C(N)=O. The zero-order valence-corrected chi connectivity index (χ0v) is 8.89. The summed E-state index contributed by atoms with van der Waals surface area (Å²) in [4.78, 5) is 11.2. The topological polar surface area (TPSA) is 63.3 Å². The fraction of sp³-hybridized carbons (Fsp3) is 0.417. The lowest BCUT2D eigenvalue weighted by atomic mass is 9.92. The number of amides is 1. The maximum Gasteiger partial charge on any atom is 0.223 e. The number of primary amides is 1. The number of benzene rings is 1. The van der Waals surface area contributed by atoms with E-state index in [1.807, 2.05) is 37.3 Å². The monoisotopic (exact) mass is 207 g/mol. The van der Waals surface area contributed by atoms with Crippen molar-refractivity contribution in [1.29, 1.82) is 0 Å². The highest BCUT2D eigenvalue weighted by molar-refractivity contribution is 5.77. The number of hydrogen-bond acceptors (Lipinski definition) is 2. The zero-order valence-electron chi connectivity index (χ0n) is 8.89. The molecule has 1 rings (SSSR count). The third kappa shape index (κ3) is 3.36. The Bertz CT molecular complexity index is 311. The van der Waals surface area contributed by atoms with Crippen LogP contribution in [0.25, 0.3) is 0 Å². The first-order valence-corrected chi connectivity index (χ1v) is 5.16. The summed E-state index contributed by atoms with van der Waals surface area (Å²) in [6.45, 7) is 1.84. The largest absolute Gasteiger partial charge is 0.392 e. The van der Waals surface area contributed by atoms with E-state index in [1.54, 1.807) is 0 Å². The van der Waals surface area contributed by atoms with Gasteiger partial charge in [0.15, 0.2) is 0 Å². The number of carbonyl (C=O) groups excluding carboxylic acids is 1. The smallest absolute Gasteiger partial charge is 0.223 e. The van der Waals surface area contributed by atoms with E-state index in [9.17, 15) is 9.90 Å². The van der Waals surface area contributed by atoms with Crippen molar-refractivity contribution in [3.63, 3.8) is 0 Å². The van der Waals surface area contributed by atoms with Gasteiger partial charge in [0.2, 0.25) is 5.91 Å². The lowest BCUT2D eigenvalue weighted by molar-refractivity contribution is -0.125. The van der Waals surface area contributed by atoms with E-state index in [0.717, 1.165) is 5.56 Å². The van der Waals surface area contributed by atoms with Crippen molar-refractivity contribution >= 4 is 5.91 Å². The van der Waals surface area contributed by atoms with Gasteiger partial charge in [-0.2, -0.15) is 0 Å². The van der Waals surface area contributed by atoms with Gasteiger partial charge >= 0.3 is 0 Å². The molecular weight excluding hydrogens is 190 g/mol. The van der Waals surface area contributed by atoms with Gasteiger partial charge in [-0.25, -0.2) is 0 Å². The molecule has 1 aromatic rings. The van der Waals surface area contributed by atoms with Crippen molar-refractivity contribution in [2.24, 2.45) is 11.7 Å². The molecule has 2 atom stereocenters. The maximum absolute atomic E-state index is 11.2. The molecular formula is C12H17NO2. The van der Waals surface area contributed by atoms with Crippen LogP contribution >= 0.6 is 0 Å². The van der Waals surface area contributed by atoms with Crippen molar-refractivity contribution in [3.8, 4) is 0 Å². The summed E-state index contributed by atoms with van der Waals surface area (Å²) < 4.78 is 0. The van der Waals surface area contributed by atoms with E-state index >= 15 is 0 Å². The minimum Gasteiger partial charge on any atom is -0.392 e. The summed E-state index contributed by atoms with van der Waals surface area (Å²) in [5.41, 5.74) is 6.28. The number of carbonyl (C=O) groups is 1. The van der Waals surface area contributed by atoms with E-state index in [0.29, 0.717) is 12.8 Å². The highest BCUT2D eigenvalue weighted by Crippen LogP contribution is 2.14. The van der Waals surface area contributed by atoms with Gasteiger partial charge in [0, 0.05) is 0 Å². The molecule has 0 heterocycles. The van der Waals surface area contributed by atoms with Gasteiger partial charge in [0.1, 0.15) is 0 Å². The fourth-order valence-corrected chi connectivity index (χ4v) is 1.58. The zero-order chi connectivity index (χ0) is 11.3. The normalized spacial score (nSPS) is 14.5. The molecule has 0 fully saturated rings. The molecule has 15 heavy (non-hydrogen) atoms. The Balaban J connectivity index is 2.71. The second-order valence-corrected chi connectivity index (χ2v) is 3.67. The molecule has 1 aromatic carbocycles. The van der Waals surface area contributed by atoms with Crippen molar-refractivity contribution in [2.45, 2.75) is 25.9 Å². The minimum absolute atomic E-state index is 0.437. The first-order chi connectivity index (χ1) is 7.15. The van der Waals surface area contributed by atoms with Crippen LogP contribution in [0, 0.1) is 5.92 Å². The average Bonchev–Trinajstić information content (AvgIpc) is 2.26. The first-order valence-electron chi connectivity index (χ1n) is 5.16. The molecule has 0 radical (unpaired) electrons. The highest BCUT2D eigenvalue weighted by atomic mass is 16.3. The van der Waals surface area contributed by atoms with Crippen LogP contribution in [0.15, 0.2) is 30.3 Å². The standard InChI is InChI=1S/C12H17NO2/c1-2-11(14)10(12(13)15)8-9-6-4-3-5-7-9/h3-7,10-11,14H,2,8H2,1H3,(H2,13,15). The van der Waals surface area contributed by atoms with E-state index in [1.165, 1.54) is 0 Å². The fourth-order valence-electron chi connectivity index (χ4n) is 1.58. The van der Waals surface area contributed by atoms with Crippen LogP contribution in [-0.2, 0) is 11.2 Å². The summed E-state index contributed by atoms with van der Waals surface area (Å²) in [7, 11) is 0. The van der Waals surface area contributed by atoms with E-state index < -0.39 is 17.9 Å². The number of hydrogen-bond donors (Lipinski definition) is 2. The molecule has 0 bridgehead atoms. The van der Waals surface area contributed by atoms with Gasteiger partial charge in [-0.3, -0.25) is 4.79 Å². The molecule has 0 spiro atoms. The molecule has 0 aliphatic carbocycles. The molecule has 0 saturated heterocycles. The summed E-state index contributed by atoms with van der Waals surface area (Å²) in [6.07, 6.45) is 0.397. The molecule has 1 amide bonds. The Hall–Kier alpha value is -1.35. The van der Waals surface area contributed by atoms with E-state index in [-0.39, 0.29) is 0 Å². The van der Waals surface area contributed by atoms with Crippen LogP contribution in [0.1, 0.15) is 18.9 Å². The molecule has 2 unspecified atom stereocenters. The molecule has 3 heteroatoms. The number of rotatable bonds is 5. The number of aliphatic hydroxyl groups excluding tert-OH is 1. The minimum atomic E-state index is -0.650. The Morgan fingerprint density at radius 3 is 2.47 bits per heavy atom. The van der Waals surface area contributed by atoms with Crippen LogP contribution in [0.4, 0.5) is 0 Å². The molecule has 0 saturated carbocycles. The molecule has 0 aliphatic heterocycles. The third-order valence-electron chi connectivity index (χ3n) is 2.55. The van der Waals surface area contributed by atoms with Gasteiger partial charge in [0.05, 0.1) is 12.0 Å². The predicted molar refractivity (Wildman–Crippen MR) is 59.1 cm³/mol. The second-order valence-electron chi connectivity index (χ2n) is 3.67. The highest BCUT2D eigenvalue weighted by Gasteiger charge is 2.23. The molecule has 0 aromatic heterocycles. The van der Waals surface area contributed by atoms with Crippen LogP contribution in [0.2, 0.25) is 0 Å². The van der Waals surface area contributed by atoms with Gasteiger partial charge in [-0.15, -0.1) is 0 Å². The van der Waals surface area contributed by atoms with Crippen LogP contribution in [0.5, 0.6) is 0 Å². The molecule has 3 nitrogen and oxygen atoms in total. The Kier molecular flexibility index (Phi) is 4.31. The summed E-state index contributed by atoms with van der Waals surface area (Å²) in [5, 5.41) is 9.65. The second kappa shape index (κ2) is 5.51. The maximum atomic E-state index is 11.2. The van der Waals surface area contributed by atoms with E-state index in [2.05, 4.69) is 0 Å². The number of aliphatic hydroxyl groups is 1. The van der Waals surface area contributed by atoms with Crippen molar-refractivity contribution in [1.82, 2.24) is 0 Å². The molecule has 82 valence electrons. The molecule has 3 N–H and O–H groups in total. The quantitative estimate of drug-likeness (QED) is 0.759.